The smallest absolute Gasteiger partial charge is 0.180 e. The van der Waals surface area contributed by atoms with Crippen LogP contribution in [0.25, 0.3) is 0 Å². The van der Waals surface area contributed by atoms with E-state index in [-0.39, 0.29) is 6.04 Å². The van der Waals surface area contributed by atoms with Gasteiger partial charge in [-0.05, 0) is 31.7 Å². The van der Waals surface area contributed by atoms with Crippen molar-refractivity contribution in [2.75, 3.05) is 0 Å². The maximum Gasteiger partial charge on any atom is 0.180 e. The third-order valence-corrected chi connectivity index (χ3v) is 3.91. The largest absolute Gasteiger partial charge is 0.324 e. The predicted molar refractivity (Wildman–Crippen MR) is 65.6 cm³/mol. The third-order valence-electron chi connectivity index (χ3n) is 1.98. The van der Waals surface area contributed by atoms with Gasteiger partial charge in [0.1, 0.15) is 10.0 Å². The van der Waals surface area contributed by atoms with Crippen LogP contribution in [0.5, 0.6) is 0 Å². The van der Waals surface area contributed by atoms with E-state index in [1.165, 1.54) is 11.8 Å². The summed E-state index contributed by atoms with van der Waals surface area (Å²) >= 11 is 3.08. The second-order valence-electron chi connectivity index (χ2n) is 3.38. The normalized spacial score (nSPS) is 12.7. The third kappa shape index (κ3) is 2.58. The first-order chi connectivity index (χ1) is 7.66. The van der Waals surface area contributed by atoms with Gasteiger partial charge in [-0.15, -0.1) is 10.2 Å². The number of nitrogens with two attached hydrogens (primary N) is 1. The molecule has 1 unspecified atom stereocenters. The Bertz CT molecular complexity index is 481. The van der Waals surface area contributed by atoms with Gasteiger partial charge in [0.2, 0.25) is 0 Å². The molecule has 0 aliphatic rings. The van der Waals surface area contributed by atoms with Gasteiger partial charge in [0, 0.05) is 17.8 Å². The Hall–Kier alpha value is -0.980. The van der Waals surface area contributed by atoms with Crippen molar-refractivity contribution in [1.82, 2.24) is 15.2 Å². The molecule has 0 saturated heterocycles. The average molecular weight is 252 g/mol. The Morgan fingerprint density at radius 1 is 1.44 bits per heavy atom. The highest BCUT2D eigenvalue weighted by Crippen LogP contribution is 2.32. The van der Waals surface area contributed by atoms with Crippen molar-refractivity contribution in [1.29, 1.82) is 0 Å². The molecule has 2 aromatic rings. The summed E-state index contributed by atoms with van der Waals surface area (Å²) < 4.78 is 0.901. The van der Waals surface area contributed by atoms with E-state index in [0.717, 1.165) is 19.9 Å². The highest BCUT2D eigenvalue weighted by atomic mass is 32.2. The summed E-state index contributed by atoms with van der Waals surface area (Å²) in [4.78, 5) is 4.33. The van der Waals surface area contributed by atoms with E-state index in [1.807, 2.05) is 26.0 Å². The average Bonchev–Trinajstić information content (AvgIpc) is 2.64. The minimum absolute atomic E-state index is 0.0229. The summed E-state index contributed by atoms with van der Waals surface area (Å²) in [6.45, 7) is 3.89. The zero-order chi connectivity index (χ0) is 11.5. The molecule has 0 aromatic carbocycles. The molecule has 0 amide bonds. The minimum Gasteiger partial charge on any atom is -0.324 e. The lowest BCUT2D eigenvalue weighted by Crippen LogP contribution is -2.06. The van der Waals surface area contributed by atoms with E-state index in [9.17, 15) is 0 Å². The van der Waals surface area contributed by atoms with E-state index in [1.54, 1.807) is 17.5 Å². The SMILES string of the molecule is Cc1nnc(Sc2ncccc2C(C)N)s1. The van der Waals surface area contributed by atoms with Crippen LogP contribution in [0.1, 0.15) is 23.5 Å². The maximum absolute atomic E-state index is 5.89. The molecular weight excluding hydrogens is 240 g/mol. The second kappa shape index (κ2) is 4.90. The van der Waals surface area contributed by atoms with E-state index < -0.39 is 0 Å². The molecule has 0 bridgehead atoms. The highest BCUT2D eigenvalue weighted by molar-refractivity contribution is 8.01. The van der Waals surface area contributed by atoms with Gasteiger partial charge >= 0.3 is 0 Å². The van der Waals surface area contributed by atoms with Crippen LogP contribution in [0.3, 0.4) is 0 Å². The molecule has 0 saturated carbocycles. The molecule has 1 atom stereocenters. The summed E-state index contributed by atoms with van der Waals surface area (Å²) in [5.41, 5.74) is 6.93. The molecule has 2 aromatic heterocycles. The van der Waals surface area contributed by atoms with Gasteiger partial charge in [-0.3, -0.25) is 0 Å². The van der Waals surface area contributed by atoms with Crippen LogP contribution < -0.4 is 5.73 Å². The fraction of sp³-hybridized carbons (Fsp3) is 0.300. The molecular formula is C10H12N4S2. The van der Waals surface area contributed by atoms with E-state index >= 15 is 0 Å². The Labute approximate surface area is 102 Å². The number of rotatable bonds is 3. The van der Waals surface area contributed by atoms with Crippen LogP contribution in [0.4, 0.5) is 0 Å². The number of pyridine rings is 1. The molecule has 2 N–H and O–H groups in total. The van der Waals surface area contributed by atoms with Crippen molar-refractivity contribution in [3.63, 3.8) is 0 Å². The number of hydrogen-bond acceptors (Lipinski definition) is 6. The molecule has 0 aliphatic carbocycles. The Balaban J connectivity index is 2.27. The summed E-state index contributed by atoms with van der Waals surface area (Å²) in [5, 5.41) is 9.91. The van der Waals surface area contributed by atoms with E-state index in [4.69, 9.17) is 5.73 Å². The summed E-state index contributed by atoms with van der Waals surface area (Å²) in [7, 11) is 0. The van der Waals surface area contributed by atoms with Crippen molar-refractivity contribution in [2.45, 2.75) is 29.3 Å². The van der Waals surface area contributed by atoms with Gasteiger partial charge in [-0.1, -0.05) is 17.4 Å². The summed E-state index contributed by atoms with van der Waals surface area (Å²) in [6, 6.07) is 3.87. The van der Waals surface area contributed by atoms with Gasteiger partial charge in [-0.2, -0.15) is 0 Å². The monoisotopic (exact) mass is 252 g/mol. The Morgan fingerprint density at radius 2 is 2.25 bits per heavy atom. The first-order valence-electron chi connectivity index (χ1n) is 4.85. The van der Waals surface area contributed by atoms with Crippen molar-refractivity contribution >= 4 is 23.1 Å². The molecule has 0 fully saturated rings. The fourth-order valence-corrected chi connectivity index (χ4v) is 3.15. The topological polar surface area (TPSA) is 64.7 Å². The summed E-state index contributed by atoms with van der Waals surface area (Å²) in [5.74, 6) is 0. The van der Waals surface area contributed by atoms with Crippen LogP contribution in [0.15, 0.2) is 27.7 Å². The molecule has 0 radical (unpaired) electrons. The zero-order valence-corrected chi connectivity index (χ0v) is 10.7. The van der Waals surface area contributed by atoms with Crippen LogP contribution >= 0.6 is 23.1 Å². The van der Waals surface area contributed by atoms with Crippen LogP contribution in [0.2, 0.25) is 0 Å². The molecule has 84 valence electrons. The van der Waals surface area contributed by atoms with E-state index in [2.05, 4.69) is 15.2 Å². The number of aromatic nitrogens is 3. The minimum atomic E-state index is -0.0229. The van der Waals surface area contributed by atoms with Gasteiger partial charge in [0.15, 0.2) is 4.34 Å². The molecule has 4 nitrogen and oxygen atoms in total. The van der Waals surface area contributed by atoms with Crippen LogP contribution in [0, 0.1) is 6.92 Å². The van der Waals surface area contributed by atoms with Gasteiger partial charge in [0.05, 0.1) is 0 Å². The van der Waals surface area contributed by atoms with Crippen molar-refractivity contribution in [3.05, 3.63) is 28.9 Å². The number of nitrogens with zero attached hydrogens (tertiary/aromatic N) is 3. The van der Waals surface area contributed by atoms with Gasteiger partial charge in [-0.25, -0.2) is 4.98 Å². The highest BCUT2D eigenvalue weighted by Gasteiger charge is 2.11. The summed E-state index contributed by atoms with van der Waals surface area (Å²) in [6.07, 6.45) is 1.77. The predicted octanol–water partition coefficient (Wildman–Crippen LogP) is 2.41. The first kappa shape index (κ1) is 11.5. The maximum atomic E-state index is 5.89. The van der Waals surface area contributed by atoms with Crippen molar-refractivity contribution < 1.29 is 0 Å². The van der Waals surface area contributed by atoms with Crippen LogP contribution in [-0.2, 0) is 0 Å². The molecule has 6 heteroatoms. The zero-order valence-electron chi connectivity index (χ0n) is 9.04. The second-order valence-corrected chi connectivity index (χ2v) is 5.79. The lowest BCUT2D eigenvalue weighted by atomic mass is 10.2. The van der Waals surface area contributed by atoms with E-state index in [0.29, 0.717) is 0 Å². The van der Waals surface area contributed by atoms with Gasteiger partial charge < -0.3 is 5.73 Å². The molecule has 2 heterocycles. The molecule has 0 aliphatic heterocycles. The molecule has 2 rings (SSSR count). The fourth-order valence-electron chi connectivity index (χ4n) is 1.24. The lowest BCUT2D eigenvalue weighted by Gasteiger charge is -2.08. The standard InChI is InChI=1S/C10H12N4S2/c1-6(11)8-4-3-5-12-9(8)16-10-14-13-7(2)15-10/h3-6H,11H2,1-2H3. The van der Waals surface area contributed by atoms with Crippen LogP contribution in [-0.4, -0.2) is 15.2 Å². The number of aryl methyl sites for hydroxylation is 1. The molecule has 16 heavy (non-hydrogen) atoms. The molecule has 0 spiro atoms. The van der Waals surface area contributed by atoms with Crippen molar-refractivity contribution in [3.8, 4) is 0 Å². The van der Waals surface area contributed by atoms with Gasteiger partial charge in [0.25, 0.3) is 0 Å². The lowest BCUT2D eigenvalue weighted by molar-refractivity contribution is 0.779. The first-order valence-corrected chi connectivity index (χ1v) is 6.48. The van der Waals surface area contributed by atoms with Crippen molar-refractivity contribution in [2.24, 2.45) is 5.73 Å². The number of hydrogen-bond donors (Lipinski definition) is 1. The Kier molecular flexibility index (Phi) is 3.52. The Morgan fingerprint density at radius 3 is 2.88 bits per heavy atom. The quantitative estimate of drug-likeness (QED) is 0.908.